The van der Waals surface area contributed by atoms with Gasteiger partial charge >= 0.3 is 0 Å². The zero-order valence-corrected chi connectivity index (χ0v) is 9.34. The number of amides is 1. The van der Waals surface area contributed by atoms with Gasteiger partial charge in [-0.1, -0.05) is 0 Å². The summed E-state index contributed by atoms with van der Waals surface area (Å²) in [5, 5.41) is 0. The Kier molecular flexibility index (Phi) is 3.49. The number of anilines is 3. The van der Waals surface area contributed by atoms with Crippen LogP contribution >= 0.6 is 0 Å². The highest BCUT2D eigenvalue weighted by Gasteiger charge is 2.15. The Morgan fingerprint density at radius 3 is 2.50 bits per heavy atom. The second kappa shape index (κ2) is 4.65. The van der Waals surface area contributed by atoms with Crippen molar-refractivity contribution in [2.24, 2.45) is 5.73 Å². The average Bonchev–Trinajstić information content (AvgIpc) is 2.11. The molecule has 1 rings (SSSR count). The van der Waals surface area contributed by atoms with Gasteiger partial charge in [0.1, 0.15) is 11.6 Å². The van der Waals surface area contributed by atoms with Crippen molar-refractivity contribution >= 4 is 23.5 Å². The third-order valence-corrected chi connectivity index (χ3v) is 1.99. The number of hydrogen-bond acceptors (Lipinski definition) is 6. The summed E-state index contributed by atoms with van der Waals surface area (Å²) in [6.07, 6.45) is 0. The van der Waals surface area contributed by atoms with Gasteiger partial charge in [-0.25, -0.2) is 0 Å². The summed E-state index contributed by atoms with van der Waals surface area (Å²) in [5.41, 5.74) is 16.2. The van der Waals surface area contributed by atoms with Gasteiger partial charge in [-0.15, -0.1) is 0 Å². The second-order valence-corrected chi connectivity index (χ2v) is 3.70. The lowest BCUT2D eigenvalue weighted by atomic mass is 10.3. The van der Waals surface area contributed by atoms with Crippen LogP contribution in [0.2, 0.25) is 0 Å². The Morgan fingerprint density at radius 1 is 1.44 bits per heavy atom. The molecule has 0 spiro atoms. The second-order valence-electron chi connectivity index (χ2n) is 3.70. The number of aromatic nitrogens is 2. The van der Waals surface area contributed by atoms with Crippen LogP contribution in [0.5, 0.6) is 0 Å². The molecule has 1 aromatic heterocycles. The SMILES string of the molecule is CC(C)N(CC(N)=O)c1cc(N)nc(N)n1. The molecule has 1 heterocycles. The van der Waals surface area contributed by atoms with E-state index in [0.717, 1.165) is 0 Å². The van der Waals surface area contributed by atoms with Crippen LogP contribution in [0.4, 0.5) is 17.6 Å². The minimum atomic E-state index is -0.440. The highest BCUT2D eigenvalue weighted by Crippen LogP contribution is 2.17. The molecule has 0 atom stereocenters. The molecule has 7 heteroatoms. The van der Waals surface area contributed by atoms with Crippen LogP contribution in [0.1, 0.15) is 13.8 Å². The van der Waals surface area contributed by atoms with E-state index in [-0.39, 0.29) is 24.4 Å². The summed E-state index contributed by atoms with van der Waals surface area (Å²) in [5.74, 6) is 0.394. The van der Waals surface area contributed by atoms with E-state index < -0.39 is 5.91 Å². The van der Waals surface area contributed by atoms with Gasteiger partial charge in [-0.2, -0.15) is 9.97 Å². The van der Waals surface area contributed by atoms with Crippen molar-refractivity contribution in [1.29, 1.82) is 0 Å². The molecule has 16 heavy (non-hydrogen) atoms. The summed E-state index contributed by atoms with van der Waals surface area (Å²) in [7, 11) is 0. The van der Waals surface area contributed by atoms with Crippen molar-refractivity contribution in [3.8, 4) is 0 Å². The van der Waals surface area contributed by atoms with Crippen LogP contribution in [0, 0.1) is 0 Å². The quantitative estimate of drug-likeness (QED) is 0.623. The zero-order chi connectivity index (χ0) is 12.3. The van der Waals surface area contributed by atoms with E-state index in [1.54, 1.807) is 11.0 Å². The molecular weight excluding hydrogens is 208 g/mol. The Morgan fingerprint density at radius 2 is 2.06 bits per heavy atom. The Hall–Kier alpha value is -2.05. The first-order valence-electron chi connectivity index (χ1n) is 4.85. The minimum absolute atomic E-state index is 0.0567. The van der Waals surface area contributed by atoms with Crippen LogP contribution in [0.15, 0.2) is 6.07 Å². The Balaban J connectivity index is 3.05. The molecule has 0 saturated carbocycles. The van der Waals surface area contributed by atoms with E-state index in [0.29, 0.717) is 5.82 Å². The molecule has 1 amide bonds. The molecule has 0 aliphatic heterocycles. The molecule has 0 aliphatic carbocycles. The number of rotatable bonds is 4. The fourth-order valence-corrected chi connectivity index (χ4v) is 1.31. The standard InChI is InChI=1S/C9H16N6O/c1-5(2)15(4-7(11)16)8-3-6(10)13-9(12)14-8/h3,5H,4H2,1-2H3,(H2,11,16)(H4,10,12,13,14). The maximum atomic E-state index is 10.9. The van der Waals surface area contributed by atoms with Gasteiger partial charge < -0.3 is 22.1 Å². The first-order chi connectivity index (χ1) is 7.40. The number of hydrogen-bond donors (Lipinski definition) is 3. The van der Waals surface area contributed by atoms with Gasteiger partial charge in [0.2, 0.25) is 11.9 Å². The van der Waals surface area contributed by atoms with Crippen molar-refractivity contribution in [3.63, 3.8) is 0 Å². The van der Waals surface area contributed by atoms with E-state index in [1.807, 2.05) is 13.8 Å². The van der Waals surface area contributed by atoms with E-state index in [2.05, 4.69) is 9.97 Å². The highest BCUT2D eigenvalue weighted by atomic mass is 16.1. The molecule has 0 bridgehead atoms. The molecule has 6 N–H and O–H groups in total. The summed E-state index contributed by atoms with van der Waals surface area (Å²) >= 11 is 0. The molecule has 0 aromatic carbocycles. The van der Waals surface area contributed by atoms with Gasteiger partial charge in [0.05, 0.1) is 6.54 Å². The molecule has 0 radical (unpaired) electrons. The van der Waals surface area contributed by atoms with Crippen LogP contribution in [-0.2, 0) is 4.79 Å². The van der Waals surface area contributed by atoms with Gasteiger partial charge in [-0.3, -0.25) is 4.79 Å². The van der Waals surface area contributed by atoms with E-state index in [9.17, 15) is 4.79 Å². The highest BCUT2D eigenvalue weighted by molar-refractivity contribution is 5.79. The van der Waals surface area contributed by atoms with Crippen molar-refractivity contribution in [2.45, 2.75) is 19.9 Å². The summed E-state index contributed by atoms with van der Waals surface area (Å²) in [4.78, 5) is 20.4. The molecule has 88 valence electrons. The lowest BCUT2D eigenvalue weighted by Crippen LogP contribution is -2.39. The van der Waals surface area contributed by atoms with Crippen LogP contribution < -0.4 is 22.1 Å². The summed E-state index contributed by atoms with van der Waals surface area (Å²) < 4.78 is 0. The predicted octanol–water partition coefficient (Wildman–Crippen LogP) is -0.659. The molecular formula is C9H16N6O. The number of carbonyl (C=O) groups excluding carboxylic acids is 1. The molecule has 0 fully saturated rings. The Bertz CT molecular complexity index is 371. The normalized spacial score (nSPS) is 10.4. The smallest absolute Gasteiger partial charge is 0.237 e. The summed E-state index contributed by atoms with van der Waals surface area (Å²) in [6.45, 7) is 3.89. The molecule has 1 aromatic rings. The number of nitrogens with zero attached hydrogens (tertiary/aromatic N) is 3. The number of nitrogens with two attached hydrogens (primary N) is 3. The van der Waals surface area contributed by atoms with Crippen molar-refractivity contribution in [3.05, 3.63) is 6.07 Å². The molecule has 0 saturated heterocycles. The van der Waals surface area contributed by atoms with Crippen LogP contribution in [0.3, 0.4) is 0 Å². The molecule has 0 unspecified atom stereocenters. The Labute approximate surface area is 93.6 Å². The predicted molar refractivity (Wildman–Crippen MR) is 62.5 cm³/mol. The third kappa shape index (κ3) is 2.97. The van der Waals surface area contributed by atoms with Crippen molar-refractivity contribution in [2.75, 3.05) is 22.9 Å². The number of carbonyl (C=O) groups is 1. The lowest BCUT2D eigenvalue weighted by Gasteiger charge is -2.26. The maximum absolute atomic E-state index is 10.9. The maximum Gasteiger partial charge on any atom is 0.237 e. The van der Waals surface area contributed by atoms with Gasteiger partial charge in [0.15, 0.2) is 0 Å². The third-order valence-electron chi connectivity index (χ3n) is 1.99. The monoisotopic (exact) mass is 224 g/mol. The molecule has 0 aliphatic rings. The van der Waals surface area contributed by atoms with Gasteiger partial charge in [0.25, 0.3) is 0 Å². The fraction of sp³-hybridized carbons (Fsp3) is 0.444. The average molecular weight is 224 g/mol. The van der Waals surface area contributed by atoms with E-state index in [1.165, 1.54) is 0 Å². The van der Waals surface area contributed by atoms with Gasteiger partial charge in [-0.05, 0) is 13.8 Å². The van der Waals surface area contributed by atoms with Crippen molar-refractivity contribution < 1.29 is 4.79 Å². The topological polar surface area (TPSA) is 124 Å². The van der Waals surface area contributed by atoms with Gasteiger partial charge in [0, 0.05) is 12.1 Å². The van der Waals surface area contributed by atoms with Crippen molar-refractivity contribution in [1.82, 2.24) is 9.97 Å². The van der Waals surface area contributed by atoms with E-state index in [4.69, 9.17) is 17.2 Å². The molecule has 7 nitrogen and oxygen atoms in total. The minimum Gasteiger partial charge on any atom is -0.383 e. The number of primary amides is 1. The largest absolute Gasteiger partial charge is 0.383 e. The first kappa shape index (κ1) is 12.0. The van der Waals surface area contributed by atoms with Crippen LogP contribution in [0.25, 0.3) is 0 Å². The van der Waals surface area contributed by atoms with Crippen LogP contribution in [-0.4, -0.2) is 28.5 Å². The first-order valence-corrected chi connectivity index (χ1v) is 4.85. The fourth-order valence-electron chi connectivity index (χ4n) is 1.31. The number of nitrogen functional groups attached to an aromatic ring is 2. The summed E-state index contributed by atoms with van der Waals surface area (Å²) in [6, 6.07) is 1.61. The van der Waals surface area contributed by atoms with E-state index >= 15 is 0 Å². The lowest BCUT2D eigenvalue weighted by molar-refractivity contribution is -0.116. The zero-order valence-electron chi connectivity index (χ0n) is 9.34.